The largest absolute Gasteiger partial charge is 0.0813 e. The van der Waals surface area contributed by atoms with Crippen LogP contribution in [-0.2, 0) is 0 Å². The van der Waals surface area contributed by atoms with Gasteiger partial charge in [0.2, 0.25) is 0 Å². The van der Waals surface area contributed by atoms with E-state index in [9.17, 15) is 0 Å². The number of hydrogen-bond acceptors (Lipinski definition) is 0. The van der Waals surface area contributed by atoms with Crippen LogP contribution in [0.3, 0.4) is 0 Å². The lowest BCUT2D eigenvalue weighted by Gasteiger charge is -1.82. The first-order chi connectivity index (χ1) is 5.29. The summed E-state index contributed by atoms with van der Waals surface area (Å²) >= 11 is 0. The van der Waals surface area contributed by atoms with Crippen molar-refractivity contribution < 1.29 is 0 Å². The fourth-order valence-electron chi connectivity index (χ4n) is 0.645. The predicted octanol–water partition coefficient (Wildman–Crippen LogP) is 3.19. The molecule has 0 fully saturated rings. The summed E-state index contributed by atoms with van der Waals surface area (Å²) < 4.78 is 0. The molecule has 1 aliphatic carbocycles. The number of allylic oxidation sites excluding steroid dienone is 2. The molecule has 1 aromatic rings. The Morgan fingerprint density at radius 2 is 1.45 bits per heavy atom. The monoisotopic (exact) mass is 146 g/mol. The summed E-state index contributed by atoms with van der Waals surface area (Å²) in [5.74, 6) is 0.833. The lowest BCUT2D eigenvalue weighted by molar-refractivity contribution is 1.09. The molecule has 1 aliphatic rings. The average molecular weight is 146 g/mol. The standard InChI is InChI=1S/C7H8.C4H6/c1-7-5-3-2-4-6-7;1-4-2-3-4/h2-6H,1H3;2-4H,1H3. The lowest BCUT2D eigenvalue weighted by Crippen LogP contribution is -1.62. The van der Waals surface area contributed by atoms with Gasteiger partial charge in [0.1, 0.15) is 0 Å². The molecule has 11 heavy (non-hydrogen) atoms. The van der Waals surface area contributed by atoms with Gasteiger partial charge in [-0.1, -0.05) is 55.0 Å². The number of aryl methyl sites for hydroxylation is 1. The van der Waals surface area contributed by atoms with E-state index in [1.54, 1.807) is 0 Å². The third-order valence-corrected chi connectivity index (χ3v) is 1.52. The Balaban J connectivity index is 0.000000128. The van der Waals surface area contributed by atoms with Gasteiger partial charge in [0.15, 0.2) is 0 Å². The van der Waals surface area contributed by atoms with E-state index in [-0.39, 0.29) is 0 Å². The summed E-state index contributed by atoms with van der Waals surface area (Å²) in [6.07, 6.45) is 4.33. The van der Waals surface area contributed by atoms with Crippen molar-refractivity contribution in [3.8, 4) is 0 Å². The Hall–Kier alpha value is -1.04. The Labute approximate surface area is 68.6 Å². The van der Waals surface area contributed by atoms with Gasteiger partial charge < -0.3 is 0 Å². The van der Waals surface area contributed by atoms with Gasteiger partial charge in [-0.25, -0.2) is 0 Å². The molecular formula is C11H14. The quantitative estimate of drug-likeness (QED) is 0.493. The molecule has 0 spiro atoms. The van der Waals surface area contributed by atoms with Gasteiger partial charge in [-0.15, -0.1) is 0 Å². The Morgan fingerprint density at radius 1 is 1.00 bits per heavy atom. The van der Waals surface area contributed by atoms with Crippen LogP contribution >= 0.6 is 0 Å². The van der Waals surface area contributed by atoms with Gasteiger partial charge in [0, 0.05) is 0 Å². The van der Waals surface area contributed by atoms with Gasteiger partial charge in [-0.05, 0) is 12.8 Å². The third kappa shape index (κ3) is 4.38. The average Bonchev–Trinajstić information content (AvgIpc) is 2.75. The second-order valence-corrected chi connectivity index (χ2v) is 2.90. The first kappa shape index (κ1) is 8.06. The van der Waals surface area contributed by atoms with E-state index in [4.69, 9.17) is 0 Å². The highest BCUT2D eigenvalue weighted by molar-refractivity contribution is 5.11. The highest BCUT2D eigenvalue weighted by atomic mass is 14.0. The van der Waals surface area contributed by atoms with Crippen LogP contribution in [0.2, 0.25) is 0 Å². The molecule has 0 nitrogen and oxygen atoms in total. The zero-order chi connectivity index (χ0) is 8.10. The van der Waals surface area contributed by atoms with Crippen LogP contribution in [0.4, 0.5) is 0 Å². The normalized spacial score (nSPS) is 13.6. The molecule has 0 aromatic heterocycles. The van der Waals surface area contributed by atoms with Crippen LogP contribution < -0.4 is 0 Å². The molecule has 0 atom stereocenters. The van der Waals surface area contributed by atoms with Gasteiger partial charge in [0.25, 0.3) is 0 Å². The molecule has 0 amide bonds. The topological polar surface area (TPSA) is 0 Å². The molecular weight excluding hydrogens is 132 g/mol. The molecule has 0 unspecified atom stereocenters. The number of benzene rings is 1. The third-order valence-electron chi connectivity index (χ3n) is 1.52. The van der Waals surface area contributed by atoms with Gasteiger partial charge in [-0.3, -0.25) is 0 Å². The highest BCUT2D eigenvalue weighted by Crippen LogP contribution is 2.11. The van der Waals surface area contributed by atoms with E-state index in [1.165, 1.54) is 5.56 Å². The summed E-state index contributed by atoms with van der Waals surface area (Å²) in [6.45, 7) is 4.25. The van der Waals surface area contributed by atoms with Gasteiger partial charge in [-0.2, -0.15) is 0 Å². The molecule has 0 bridgehead atoms. The summed E-state index contributed by atoms with van der Waals surface area (Å²) in [5, 5.41) is 0. The highest BCUT2D eigenvalue weighted by Gasteiger charge is 1.97. The van der Waals surface area contributed by atoms with Crippen LogP contribution in [-0.4, -0.2) is 0 Å². The second-order valence-electron chi connectivity index (χ2n) is 2.90. The van der Waals surface area contributed by atoms with E-state index in [0.717, 1.165) is 5.92 Å². The van der Waals surface area contributed by atoms with Crippen LogP contribution in [0.5, 0.6) is 0 Å². The van der Waals surface area contributed by atoms with E-state index in [2.05, 4.69) is 38.1 Å². The molecule has 0 N–H and O–H groups in total. The first-order valence-corrected chi connectivity index (χ1v) is 3.99. The minimum atomic E-state index is 0.833. The molecule has 2 rings (SSSR count). The van der Waals surface area contributed by atoms with Crippen LogP contribution in [0.1, 0.15) is 12.5 Å². The van der Waals surface area contributed by atoms with Crippen molar-refractivity contribution in [3.05, 3.63) is 48.0 Å². The maximum atomic E-state index is 2.17. The molecule has 1 aromatic carbocycles. The van der Waals surface area contributed by atoms with Crippen LogP contribution in [0, 0.1) is 12.8 Å². The molecule has 0 aliphatic heterocycles. The zero-order valence-electron chi connectivity index (χ0n) is 7.12. The lowest BCUT2D eigenvalue weighted by atomic mass is 10.2. The van der Waals surface area contributed by atoms with Crippen molar-refractivity contribution in [3.63, 3.8) is 0 Å². The maximum absolute atomic E-state index is 2.17. The zero-order valence-corrected chi connectivity index (χ0v) is 7.12. The van der Waals surface area contributed by atoms with Crippen LogP contribution in [0.15, 0.2) is 42.5 Å². The molecule has 0 saturated heterocycles. The molecule has 0 heteroatoms. The van der Waals surface area contributed by atoms with Crippen LogP contribution in [0.25, 0.3) is 0 Å². The van der Waals surface area contributed by atoms with Crippen molar-refractivity contribution in [1.82, 2.24) is 0 Å². The fraction of sp³-hybridized carbons (Fsp3) is 0.273. The van der Waals surface area contributed by atoms with Crippen molar-refractivity contribution in [2.45, 2.75) is 13.8 Å². The Bertz CT molecular complexity index is 215. The summed E-state index contributed by atoms with van der Waals surface area (Å²) in [6, 6.07) is 10.3. The molecule has 0 radical (unpaired) electrons. The minimum absolute atomic E-state index is 0.833. The van der Waals surface area contributed by atoms with E-state index in [0.29, 0.717) is 0 Å². The smallest absolute Gasteiger partial charge is 0.00815 e. The van der Waals surface area contributed by atoms with Crippen molar-refractivity contribution in [2.75, 3.05) is 0 Å². The molecule has 0 saturated carbocycles. The number of hydrogen-bond donors (Lipinski definition) is 0. The SMILES string of the molecule is CC1C=C1.Cc1ccccc1. The first-order valence-electron chi connectivity index (χ1n) is 3.99. The maximum Gasteiger partial charge on any atom is -0.00815 e. The van der Waals surface area contributed by atoms with E-state index < -0.39 is 0 Å². The van der Waals surface area contributed by atoms with E-state index >= 15 is 0 Å². The number of rotatable bonds is 0. The van der Waals surface area contributed by atoms with Crippen molar-refractivity contribution >= 4 is 0 Å². The van der Waals surface area contributed by atoms with Gasteiger partial charge in [0.05, 0.1) is 0 Å². The van der Waals surface area contributed by atoms with Crippen molar-refractivity contribution in [1.29, 1.82) is 0 Å². The molecule has 0 heterocycles. The minimum Gasteiger partial charge on any atom is -0.0813 e. The fourth-order valence-corrected chi connectivity index (χ4v) is 0.645. The van der Waals surface area contributed by atoms with Gasteiger partial charge >= 0.3 is 0 Å². The Morgan fingerprint density at radius 3 is 1.64 bits per heavy atom. The second kappa shape index (κ2) is 3.97. The summed E-state index contributed by atoms with van der Waals surface area (Å²) in [7, 11) is 0. The summed E-state index contributed by atoms with van der Waals surface area (Å²) in [5.41, 5.74) is 1.32. The van der Waals surface area contributed by atoms with Crippen molar-refractivity contribution in [2.24, 2.45) is 5.92 Å². The Kier molecular flexibility index (Phi) is 2.91. The van der Waals surface area contributed by atoms with E-state index in [1.807, 2.05) is 18.2 Å². The molecule has 58 valence electrons. The summed E-state index contributed by atoms with van der Waals surface area (Å²) in [4.78, 5) is 0. The predicted molar refractivity (Wildman–Crippen MR) is 49.5 cm³/mol.